The number of aromatic amines is 1. The number of hydrogen-bond acceptors (Lipinski definition) is 8. The first-order chi connectivity index (χ1) is 20.3. The summed E-state index contributed by atoms with van der Waals surface area (Å²) in [5.41, 5.74) is 2.68. The van der Waals surface area contributed by atoms with Crippen LogP contribution < -0.4 is 10.6 Å². The van der Waals surface area contributed by atoms with E-state index < -0.39 is 17.7 Å². The third-order valence-electron chi connectivity index (χ3n) is 6.68. The molecule has 12 heteroatoms. The van der Waals surface area contributed by atoms with Crippen molar-refractivity contribution in [2.45, 2.75) is 26.1 Å². The number of nitrogens with one attached hydrogen (secondary N) is 3. The molecule has 1 fully saturated rings. The summed E-state index contributed by atoms with van der Waals surface area (Å²) in [6, 6.07) is 17.1. The van der Waals surface area contributed by atoms with Gasteiger partial charge in [-0.2, -0.15) is 0 Å². The van der Waals surface area contributed by atoms with E-state index in [1.807, 2.05) is 37.3 Å². The number of imidazole rings is 1. The molecule has 4 aromatic rings. The maximum Gasteiger partial charge on any atom is 0.305 e. The summed E-state index contributed by atoms with van der Waals surface area (Å²) in [4.78, 5) is 40.0. The van der Waals surface area contributed by atoms with Crippen LogP contribution in [0.1, 0.15) is 31.0 Å². The smallest absolute Gasteiger partial charge is 0.305 e. The molecule has 0 aliphatic carbocycles. The van der Waals surface area contributed by atoms with Crippen LogP contribution >= 0.6 is 0 Å². The van der Waals surface area contributed by atoms with Crippen LogP contribution in [0.15, 0.2) is 66.9 Å². The van der Waals surface area contributed by atoms with Crippen LogP contribution in [0.25, 0.3) is 22.6 Å². The van der Waals surface area contributed by atoms with Crippen molar-refractivity contribution < 1.29 is 28.6 Å². The van der Waals surface area contributed by atoms with Gasteiger partial charge in [0.2, 0.25) is 18.1 Å². The molecule has 4 N–H and O–H groups in total. The number of carbonyl (C=O) groups is 2. The first-order valence-electron chi connectivity index (χ1n) is 13.5. The number of carbonyl (C=O) groups excluding carboxylic acids is 1. The number of benzene rings is 2. The zero-order valence-electron chi connectivity index (χ0n) is 23.0. The SMILES string of the molecule is CC1(CNC(=O)Cc2ccccc2)COC(c2nc(-c3ccc(F)cc3)c(-c3ccnc(NCCC(=O)O)n3)[nH]2)OC1. The van der Waals surface area contributed by atoms with Crippen LogP contribution in [-0.2, 0) is 25.5 Å². The summed E-state index contributed by atoms with van der Waals surface area (Å²) in [6.45, 7) is 3.15. The highest BCUT2D eigenvalue weighted by atomic mass is 19.1. The van der Waals surface area contributed by atoms with Gasteiger partial charge in [-0.05, 0) is 35.9 Å². The van der Waals surface area contributed by atoms with Crippen molar-refractivity contribution in [3.8, 4) is 22.6 Å². The van der Waals surface area contributed by atoms with Crippen LogP contribution in [0, 0.1) is 11.2 Å². The van der Waals surface area contributed by atoms with E-state index in [0.29, 0.717) is 54.6 Å². The topological polar surface area (TPSA) is 151 Å². The summed E-state index contributed by atoms with van der Waals surface area (Å²) >= 11 is 0. The van der Waals surface area contributed by atoms with Crippen LogP contribution in [0.5, 0.6) is 0 Å². The number of aliphatic carboxylic acids is 1. The lowest BCUT2D eigenvalue weighted by Gasteiger charge is -2.36. The Kier molecular flexibility index (Phi) is 8.84. The summed E-state index contributed by atoms with van der Waals surface area (Å²) < 4.78 is 25.8. The molecule has 1 saturated heterocycles. The fourth-order valence-corrected chi connectivity index (χ4v) is 4.43. The molecule has 218 valence electrons. The number of H-pyrrole nitrogens is 1. The molecule has 1 aliphatic heterocycles. The lowest BCUT2D eigenvalue weighted by atomic mass is 9.92. The van der Waals surface area contributed by atoms with Gasteiger partial charge in [0.15, 0.2) is 5.82 Å². The van der Waals surface area contributed by atoms with E-state index in [-0.39, 0.29) is 30.6 Å². The summed E-state index contributed by atoms with van der Waals surface area (Å²) in [5.74, 6) is -0.736. The van der Waals surface area contributed by atoms with Crippen LogP contribution in [-0.4, -0.2) is 63.2 Å². The average molecular weight is 575 g/mol. The molecule has 2 aromatic heterocycles. The molecule has 5 rings (SSSR count). The van der Waals surface area contributed by atoms with E-state index in [4.69, 9.17) is 19.6 Å². The van der Waals surface area contributed by atoms with Crippen molar-refractivity contribution in [3.63, 3.8) is 0 Å². The highest BCUT2D eigenvalue weighted by Gasteiger charge is 2.35. The van der Waals surface area contributed by atoms with Gasteiger partial charge in [-0.3, -0.25) is 9.59 Å². The van der Waals surface area contributed by atoms with Gasteiger partial charge in [-0.1, -0.05) is 37.3 Å². The number of anilines is 1. The third-order valence-corrected chi connectivity index (χ3v) is 6.68. The van der Waals surface area contributed by atoms with E-state index in [9.17, 15) is 14.0 Å². The van der Waals surface area contributed by atoms with Crippen molar-refractivity contribution >= 4 is 17.8 Å². The molecule has 0 spiro atoms. The molecule has 2 aromatic carbocycles. The molecule has 0 bridgehead atoms. The Morgan fingerprint density at radius 1 is 1.07 bits per heavy atom. The number of halogens is 1. The number of carboxylic acid groups (broad SMARTS) is 1. The minimum absolute atomic E-state index is 0.0779. The average Bonchev–Trinajstić information content (AvgIpc) is 3.43. The molecule has 3 heterocycles. The lowest BCUT2D eigenvalue weighted by Crippen LogP contribution is -2.45. The summed E-state index contributed by atoms with van der Waals surface area (Å²) in [6.07, 6.45) is 0.948. The van der Waals surface area contributed by atoms with E-state index in [1.165, 1.54) is 12.1 Å². The van der Waals surface area contributed by atoms with E-state index in [1.54, 1.807) is 24.4 Å². The van der Waals surface area contributed by atoms with Crippen LogP contribution in [0.4, 0.5) is 10.3 Å². The van der Waals surface area contributed by atoms with Gasteiger partial charge in [0.1, 0.15) is 5.82 Å². The van der Waals surface area contributed by atoms with E-state index >= 15 is 0 Å². The Balaban J connectivity index is 1.30. The Bertz CT molecular complexity index is 1520. The van der Waals surface area contributed by atoms with Crippen molar-refractivity contribution in [1.82, 2.24) is 25.3 Å². The Morgan fingerprint density at radius 3 is 2.52 bits per heavy atom. The second-order valence-electron chi connectivity index (χ2n) is 10.4. The molecule has 1 aliphatic rings. The number of aromatic nitrogens is 4. The minimum Gasteiger partial charge on any atom is -0.481 e. The van der Waals surface area contributed by atoms with Gasteiger partial charge in [-0.25, -0.2) is 19.3 Å². The van der Waals surface area contributed by atoms with E-state index in [0.717, 1.165) is 5.56 Å². The number of rotatable bonds is 11. The Labute approximate surface area is 241 Å². The largest absolute Gasteiger partial charge is 0.481 e. The Hall–Kier alpha value is -4.68. The Morgan fingerprint density at radius 2 is 1.81 bits per heavy atom. The van der Waals surface area contributed by atoms with Gasteiger partial charge in [0.05, 0.1) is 43.1 Å². The van der Waals surface area contributed by atoms with Crippen molar-refractivity contribution in [3.05, 3.63) is 84.1 Å². The fraction of sp³-hybridized carbons (Fsp3) is 0.300. The van der Waals surface area contributed by atoms with E-state index in [2.05, 4.69) is 25.6 Å². The molecular formula is C30H31FN6O5. The first kappa shape index (κ1) is 28.8. The number of nitrogens with zero attached hydrogens (tertiary/aromatic N) is 3. The van der Waals surface area contributed by atoms with Crippen molar-refractivity contribution in [1.29, 1.82) is 0 Å². The van der Waals surface area contributed by atoms with Gasteiger partial charge in [0.25, 0.3) is 0 Å². The fourth-order valence-electron chi connectivity index (χ4n) is 4.43. The number of hydrogen-bond donors (Lipinski definition) is 4. The first-order valence-corrected chi connectivity index (χ1v) is 13.5. The lowest BCUT2D eigenvalue weighted by molar-refractivity contribution is -0.232. The molecule has 0 saturated carbocycles. The molecule has 0 atom stereocenters. The number of ether oxygens (including phenoxy) is 2. The monoisotopic (exact) mass is 574 g/mol. The van der Waals surface area contributed by atoms with Gasteiger partial charge >= 0.3 is 5.97 Å². The second kappa shape index (κ2) is 12.9. The van der Waals surface area contributed by atoms with Crippen LogP contribution in [0.2, 0.25) is 0 Å². The second-order valence-corrected chi connectivity index (χ2v) is 10.4. The maximum atomic E-state index is 13.7. The van der Waals surface area contributed by atoms with Gasteiger partial charge in [0, 0.05) is 30.3 Å². The molecule has 42 heavy (non-hydrogen) atoms. The summed E-state index contributed by atoms with van der Waals surface area (Å²) in [7, 11) is 0. The molecule has 0 unspecified atom stereocenters. The van der Waals surface area contributed by atoms with Gasteiger partial charge < -0.3 is 30.2 Å². The van der Waals surface area contributed by atoms with Gasteiger partial charge in [-0.15, -0.1) is 0 Å². The zero-order chi connectivity index (χ0) is 29.5. The normalized spacial score (nSPS) is 18.4. The minimum atomic E-state index is -0.936. The van der Waals surface area contributed by atoms with Crippen LogP contribution in [0.3, 0.4) is 0 Å². The predicted octanol–water partition coefficient (Wildman–Crippen LogP) is 3.97. The number of carboxylic acids is 1. The summed E-state index contributed by atoms with van der Waals surface area (Å²) in [5, 5.41) is 14.8. The number of amides is 1. The molecule has 11 nitrogen and oxygen atoms in total. The molecular weight excluding hydrogens is 543 g/mol. The molecule has 0 radical (unpaired) electrons. The predicted molar refractivity (Wildman–Crippen MR) is 152 cm³/mol. The highest BCUT2D eigenvalue weighted by molar-refractivity contribution is 5.78. The third kappa shape index (κ3) is 7.33. The van der Waals surface area contributed by atoms with Crippen molar-refractivity contribution in [2.24, 2.45) is 5.41 Å². The maximum absolute atomic E-state index is 13.7. The highest BCUT2D eigenvalue weighted by Crippen LogP contribution is 2.35. The molecule has 1 amide bonds. The zero-order valence-corrected chi connectivity index (χ0v) is 23.0. The van der Waals surface area contributed by atoms with Crippen molar-refractivity contribution in [2.75, 3.05) is 31.6 Å². The standard InChI is InChI=1S/C30H31FN6O5/c1-30(16-34-23(38)15-19-5-3-2-4-6-19)17-41-28(42-18-30)27-36-25(20-7-9-21(31)10-8-20)26(37-27)22-11-13-32-29(35-22)33-14-12-24(39)40/h2-11,13,28H,12,14-18H2,1H3,(H,34,38)(H,36,37)(H,39,40)(H,32,33,35). The quantitative estimate of drug-likeness (QED) is 0.209.